The topological polar surface area (TPSA) is 83.6 Å². The van der Waals surface area contributed by atoms with Crippen LogP contribution in [-0.2, 0) is 10.0 Å². The molecule has 1 aliphatic rings. The van der Waals surface area contributed by atoms with Gasteiger partial charge in [0.25, 0.3) is 0 Å². The second-order valence-electron chi connectivity index (χ2n) is 4.76. The van der Waals surface area contributed by atoms with E-state index in [1.807, 2.05) is 0 Å². The molecule has 0 spiro atoms. The first kappa shape index (κ1) is 15.1. The molecule has 1 aromatic carbocycles. The Balaban J connectivity index is 2.49. The van der Waals surface area contributed by atoms with Gasteiger partial charge < -0.3 is 10.8 Å². The van der Waals surface area contributed by atoms with Crippen LogP contribution < -0.4 is 5.73 Å². The maximum absolute atomic E-state index is 13.8. The van der Waals surface area contributed by atoms with Crippen molar-refractivity contribution in [2.45, 2.75) is 30.2 Å². The molecule has 0 amide bonds. The number of piperidine rings is 1. The summed E-state index contributed by atoms with van der Waals surface area (Å²) in [5.41, 5.74) is 5.22. The van der Waals surface area contributed by atoms with Crippen LogP contribution in [0.15, 0.2) is 17.0 Å². The number of hydrogen-bond acceptors (Lipinski definition) is 4. The summed E-state index contributed by atoms with van der Waals surface area (Å²) >= 11 is 0. The number of halogens is 2. The van der Waals surface area contributed by atoms with Crippen LogP contribution in [0, 0.1) is 11.6 Å². The van der Waals surface area contributed by atoms with E-state index in [9.17, 15) is 22.3 Å². The summed E-state index contributed by atoms with van der Waals surface area (Å²) in [6.07, 6.45) is 1.88. The van der Waals surface area contributed by atoms with E-state index in [1.165, 1.54) is 0 Å². The molecule has 112 valence electrons. The molecule has 1 heterocycles. The van der Waals surface area contributed by atoms with Gasteiger partial charge in [0.1, 0.15) is 4.90 Å². The number of rotatable bonds is 3. The number of nitrogens with two attached hydrogens (primary N) is 1. The van der Waals surface area contributed by atoms with E-state index in [4.69, 9.17) is 5.73 Å². The summed E-state index contributed by atoms with van der Waals surface area (Å²) in [4.78, 5) is -0.782. The lowest BCUT2D eigenvalue weighted by Crippen LogP contribution is -2.45. The standard InChI is InChI=1S/C12H16F2N2O3S/c13-10-5-8(15)6-11(12(10)14)20(18,19)16-4-2-1-3-9(16)7-17/h5-6,9,17H,1-4,7,15H2. The monoisotopic (exact) mass is 306 g/mol. The SMILES string of the molecule is Nc1cc(F)c(F)c(S(=O)(=O)N2CCCCC2CO)c1. The van der Waals surface area contributed by atoms with Crippen molar-refractivity contribution in [3.8, 4) is 0 Å². The lowest BCUT2D eigenvalue weighted by Gasteiger charge is -2.33. The minimum absolute atomic E-state index is 0.167. The largest absolute Gasteiger partial charge is 0.399 e. The summed E-state index contributed by atoms with van der Waals surface area (Å²) < 4.78 is 53.0. The zero-order valence-electron chi connectivity index (χ0n) is 10.7. The number of aliphatic hydroxyl groups excluding tert-OH is 1. The minimum Gasteiger partial charge on any atom is -0.399 e. The fourth-order valence-corrected chi connectivity index (χ4v) is 4.17. The van der Waals surface area contributed by atoms with Crippen molar-refractivity contribution in [1.82, 2.24) is 4.31 Å². The van der Waals surface area contributed by atoms with Crippen LogP contribution >= 0.6 is 0 Å². The summed E-state index contributed by atoms with van der Waals surface area (Å²) in [6, 6.07) is 1.02. The van der Waals surface area contributed by atoms with Gasteiger partial charge in [-0.1, -0.05) is 6.42 Å². The Morgan fingerprint density at radius 3 is 2.70 bits per heavy atom. The lowest BCUT2D eigenvalue weighted by molar-refractivity contribution is 0.155. The van der Waals surface area contributed by atoms with Gasteiger partial charge in [0.05, 0.1) is 6.61 Å². The van der Waals surface area contributed by atoms with Crippen molar-refractivity contribution in [2.75, 3.05) is 18.9 Å². The van der Waals surface area contributed by atoms with E-state index in [0.717, 1.165) is 22.9 Å². The molecule has 20 heavy (non-hydrogen) atoms. The quantitative estimate of drug-likeness (QED) is 0.819. The molecule has 1 aromatic rings. The van der Waals surface area contributed by atoms with Gasteiger partial charge in [-0.15, -0.1) is 0 Å². The smallest absolute Gasteiger partial charge is 0.246 e. The molecule has 1 atom stereocenters. The zero-order valence-corrected chi connectivity index (χ0v) is 11.5. The molecule has 0 bridgehead atoms. The summed E-state index contributed by atoms with van der Waals surface area (Å²) in [7, 11) is -4.22. The molecule has 0 radical (unpaired) electrons. The van der Waals surface area contributed by atoms with Gasteiger partial charge in [-0.05, 0) is 25.0 Å². The Labute approximate surface area is 116 Å². The van der Waals surface area contributed by atoms with Crippen LogP contribution in [0.25, 0.3) is 0 Å². The lowest BCUT2D eigenvalue weighted by atomic mass is 10.1. The van der Waals surface area contributed by atoms with E-state index < -0.39 is 32.6 Å². The molecule has 1 saturated heterocycles. The number of hydrogen-bond donors (Lipinski definition) is 2. The predicted molar refractivity (Wildman–Crippen MR) is 69.4 cm³/mol. The summed E-state index contributed by atoms with van der Waals surface area (Å²) in [5, 5.41) is 9.25. The maximum Gasteiger partial charge on any atom is 0.246 e. The predicted octanol–water partition coefficient (Wildman–Crippen LogP) is 1.08. The van der Waals surface area contributed by atoms with E-state index in [0.29, 0.717) is 12.8 Å². The first-order chi connectivity index (χ1) is 9.37. The highest BCUT2D eigenvalue weighted by Crippen LogP contribution is 2.29. The number of nitrogen functional groups attached to an aromatic ring is 1. The Hall–Kier alpha value is -1.25. The van der Waals surface area contributed by atoms with Crippen molar-refractivity contribution < 1.29 is 22.3 Å². The first-order valence-corrected chi connectivity index (χ1v) is 7.69. The van der Waals surface area contributed by atoms with Gasteiger partial charge >= 0.3 is 0 Å². The molecular formula is C12H16F2N2O3S. The van der Waals surface area contributed by atoms with E-state index in [1.54, 1.807) is 0 Å². The highest BCUT2D eigenvalue weighted by molar-refractivity contribution is 7.89. The van der Waals surface area contributed by atoms with Crippen LogP contribution in [0.4, 0.5) is 14.5 Å². The zero-order chi connectivity index (χ0) is 14.9. The normalized spacial score (nSPS) is 21.1. The highest BCUT2D eigenvalue weighted by atomic mass is 32.2. The van der Waals surface area contributed by atoms with Gasteiger partial charge in [0.15, 0.2) is 11.6 Å². The number of benzene rings is 1. The second kappa shape index (κ2) is 5.63. The molecule has 1 fully saturated rings. The average molecular weight is 306 g/mol. The van der Waals surface area contributed by atoms with Gasteiger partial charge in [-0.3, -0.25) is 0 Å². The molecule has 0 saturated carbocycles. The molecule has 1 aliphatic heterocycles. The third-order valence-corrected chi connectivity index (χ3v) is 5.34. The van der Waals surface area contributed by atoms with Crippen LogP contribution in [0.5, 0.6) is 0 Å². The second-order valence-corrected chi connectivity index (χ2v) is 6.62. The van der Waals surface area contributed by atoms with Gasteiger partial charge in [-0.25, -0.2) is 17.2 Å². The summed E-state index contributed by atoms with van der Waals surface area (Å²) in [5.74, 6) is -2.75. The number of nitrogens with zero attached hydrogens (tertiary/aromatic N) is 1. The molecule has 5 nitrogen and oxygen atoms in total. The Bertz CT molecular complexity index is 607. The van der Waals surface area contributed by atoms with Crippen molar-refractivity contribution in [1.29, 1.82) is 0 Å². The highest BCUT2D eigenvalue weighted by Gasteiger charge is 2.35. The molecule has 8 heteroatoms. The molecule has 1 unspecified atom stereocenters. The van der Waals surface area contributed by atoms with E-state index in [2.05, 4.69) is 0 Å². The Morgan fingerprint density at radius 2 is 2.05 bits per heavy atom. The first-order valence-electron chi connectivity index (χ1n) is 6.25. The van der Waals surface area contributed by atoms with Crippen molar-refractivity contribution in [3.05, 3.63) is 23.8 Å². The fraction of sp³-hybridized carbons (Fsp3) is 0.500. The maximum atomic E-state index is 13.8. The third-order valence-electron chi connectivity index (χ3n) is 3.39. The van der Waals surface area contributed by atoms with Crippen LogP contribution in [0.3, 0.4) is 0 Å². The van der Waals surface area contributed by atoms with Crippen LogP contribution in [0.1, 0.15) is 19.3 Å². The van der Waals surface area contributed by atoms with E-state index >= 15 is 0 Å². The van der Waals surface area contributed by atoms with Crippen molar-refractivity contribution in [2.24, 2.45) is 0 Å². The molecule has 3 N–H and O–H groups in total. The molecule has 0 aromatic heterocycles. The Morgan fingerprint density at radius 1 is 1.35 bits per heavy atom. The Kier molecular flexibility index (Phi) is 4.26. The van der Waals surface area contributed by atoms with Gasteiger partial charge in [0.2, 0.25) is 10.0 Å². The molecule has 2 rings (SSSR count). The van der Waals surface area contributed by atoms with Gasteiger partial charge in [0, 0.05) is 18.3 Å². The molecular weight excluding hydrogens is 290 g/mol. The van der Waals surface area contributed by atoms with Gasteiger partial charge in [-0.2, -0.15) is 4.31 Å². The number of anilines is 1. The fourth-order valence-electron chi connectivity index (χ4n) is 2.37. The molecule has 0 aliphatic carbocycles. The van der Waals surface area contributed by atoms with Crippen molar-refractivity contribution in [3.63, 3.8) is 0 Å². The van der Waals surface area contributed by atoms with Crippen LogP contribution in [-0.4, -0.2) is 37.0 Å². The third kappa shape index (κ3) is 2.63. The van der Waals surface area contributed by atoms with E-state index in [-0.39, 0.29) is 18.8 Å². The average Bonchev–Trinajstić information content (AvgIpc) is 2.42. The number of aliphatic hydroxyl groups is 1. The van der Waals surface area contributed by atoms with Crippen LogP contribution in [0.2, 0.25) is 0 Å². The van der Waals surface area contributed by atoms with Crippen molar-refractivity contribution >= 4 is 15.7 Å². The number of sulfonamides is 1. The summed E-state index contributed by atoms with van der Waals surface area (Å²) in [6.45, 7) is -0.185. The minimum atomic E-state index is -4.22.